The lowest BCUT2D eigenvalue weighted by Crippen LogP contribution is -2.32. The number of benzene rings is 1. The summed E-state index contributed by atoms with van der Waals surface area (Å²) in [7, 11) is 0. The summed E-state index contributed by atoms with van der Waals surface area (Å²) in [4.78, 5) is 12.5. The van der Waals surface area contributed by atoms with Gasteiger partial charge in [0.1, 0.15) is 11.9 Å². The first-order valence-corrected chi connectivity index (χ1v) is 7.21. The summed E-state index contributed by atoms with van der Waals surface area (Å²) in [6.07, 6.45) is -0.669. The molecule has 5 heteroatoms. The molecule has 1 atom stereocenters. The van der Waals surface area contributed by atoms with Gasteiger partial charge in [-0.25, -0.2) is 0 Å². The Morgan fingerprint density at radius 2 is 2.15 bits per heavy atom. The van der Waals surface area contributed by atoms with Crippen LogP contribution in [0.25, 0.3) is 0 Å². The Balaban J connectivity index is 1.75. The molecule has 1 unspecified atom stereocenters. The van der Waals surface area contributed by atoms with Gasteiger partial charge in [-0.3, -0.25) is 4.79 Å². The summed E-state index contributed by atoms with van der Waals surface area (Å²) >= 11 is 1.46. The van der Waals surface area contributed by atoms with E-state index in [1.165, 1.54) is 11.3 Å². The molecule has 0 spiro atoms. The van der Waals surface area contributed by atoms with Crippen molar-refractivity contribution in [2.75, 3.05) is 13.2 Å². The SMILES string of the molecule is Cc1ccccc1OCC(=O)NCC(O)c1cccs1. The van der Waals surface area contributed by atoms with E-state index in [2.05, 4.69) is 5.32 Å². The van der Waals surface area contributed by atoms with Crippen LogP contribution < -0.4 is 10.1 Å². The normalized spacial score (nSPS) is 11.9. The summed E-state index contributed by atoms with van der Waals surface area (Å²) < 4.78 is 5.43. The largest absolute Gasteiger partial charge is 0.484 e. The minimum absolute atomic E-state index is 0.0536. The van der Waals surface area contributed by atoms with Crippen molar-refractivity contribution in [1.82, 2.24) is 5.32 Å². The number of ether oxygens (including phenoxy) is 1. The smallest absolute Gasteiger partial charge is 0.258 e. The predicted molar refractivity (Wildman–Crippen MR) is 79.0 cm³/mol. The molecule has 1 aromatic heterocycles. The zero-order chi connectivity index (χ0) is 14.4. The molecule has 2 aromatic rings. The Bertz CT molecular complexity index is 554. The molecule has 2 rings (SSSR count). The molecular formula is C15H17NO3S. The summed E-state index contributed by atoms with van der Waals surface area (Å²) in [6, 6.07) is 11.2. The van der Waals surface area contributed by atoms with Crippen molar-refractivity contribution in [2.45, 2.75) is 13.0 Å². The van der Waals surface area contributed by atoms with E-state index in [-0.39, 0.29) is 19.1 Å². The highest BCUT2D eigenvalue weighted by Gasteiger charge is 2.10. The van der Waals surface area contributed by atoms with Gasteiger partial charge in [-0.15, -0.1) is 11.3 Å². The van der Waals surface area contributed by atoms with Gasteiger partial charge in [0.2, 0.25) is 0 Å². The maximum absolute atomic E-state index is 11.7. The highest BCUT2D eigenvalue weighted by molar-refractivity contribution is 7.10. The van der Waals surface area contributed by atoms with Crippen LogP contribution in [0, 0.1) is 6.92 Å². The second-order valence-corrected chi connectivity index (χ2v) is 5.37. The van der Waals surface area contributed by atoms with Gasteiger partial charge in [-0.2, -0.15) is 0 Å². The molecule has 0 saturated heterocycles. The van der Waals surface area contributed by atoms with E-state index in [0.29, 0.717) is 5.75 Å². The number of thiophene rings is 1. The van der Waals surface area contributed by atoms with Gasteiger partial charge in [0.15, 0.2) is 6.61 Å². The number of carbonyl (C=O) groups excluding carboxylic acids is 1. The van der Waals surface area contributed by atoms with Crippen molar-refractivity contribution >= 4 is 17.2 Å². The monoisotopic (exact) mass is 291 g/mol. The van der Waals surface area contributed by atoms with Crippen molar-refractivity contribution in [3.63, 3.8) is 0 Å². The molecule has 1 heterocycles. The lowest BCUT2D eigenvalue weighted by molar-refractivity contribution is -0.123. The average molecular weight is 291 g/mol. The van der Waals surface area contributed by atoms with Crippen LogP contribution in [-0.4, -0.2) is 24.2 Å². The highest BCUT2D eigenvalue weighted by atomic mass is 32.1. The van der Waals surface area contributed by atoms with Gasteiger partial charge in [0.05, 0.1) is 0 Å². The maximum atomic E-state index is 11.7. The van der Waals surface area contributed by atoms with Gasteiger partial charge in [-0.1, -0.05) is 24.3 Å². The minimum Gasteiger partial charge on any atom is -0.484 e. The van der Waals surface area contributed by atoms with E-state index in [1.807, 2.05) is 48.7 Å². The zero-order valence-corrected chi connectivity index (χ0v) is 12.0. The zero-order valence-electron chi connectivity index (χ0n) is 11.2. The van der Waals surface area contributed by atoms with Crippen LogP contribution in [0.4, 0.5) is 0 Å². The van der Waals surface area contributed by atoms with Gasteiger partial charge < -0.3 is 15.2 Å². The first-order valence-electron chi connectivity index (χ1n) is 6.33. The van der Waals surface area contributed by atoms with Crippen LogP contribution in [0.3, 0.4) is 0 Å². The van der Waals surface area contributed by atoms with Crippen LogP contribution in [0.15, 0.2) is 41.8 Å². The van der Waals surface area contributed by atoms with E-state index in [1.54, 1.807) is 0 Å². The lowest BCUT2D eigenvalue weighted by Gasteiger charge is -2.11. The van der Waals surface area contributed by atoms with Crippen molar-refractivity contribution in [3.05, 3.63) is 52.2 Å². The molecule has 0 aliphatic rings. The third kappa shape index (κ3) is 4.08. The van der Waals surface area contributed by atoms with Gasteiger partial charge in [0, 0.05) is 11.4 Å². The number of para-hydroxylation sites is 1. The van der Waals surface area contributed by atoms with Crippen molar-refractivity contribution in [1.29, 1.82) is 0 Å². The number of aliphatic hydroxyl groups excluding tert-OH is 1. The summed E-state index contributed by atoms with van der Waals surface area (Å²) in [6.45, 7) is 2.06. The Kier molecular flexibility index (Phi) is 5.15. The van der Waals surface area contributed by atoms with Crippen molar-refractivity contribution < 1.29 is 14.6 Å². The summed E-state index contributed by atoms with van der Waals surface area (Å²) in [5.41, 5.74) is 0.985. The topological polar surface area (TPSA) is 58.6 Å². The first kappa shape index (κ1) is 14.6. The molecule has 0 fully saturated rings. The number of aryl methyl sites for hydroxylation is 1. The van der Waals surface area contributed by atoms with E-state index in [0.717, 1.165) is 10.4 Å². The highest BCUT2D eigenvalue weighted by Crippen LogP contribution is 2.18. The summed E-state index contributed by atoms with van der Waals surface area (Å²) in [5.74, 6) is 0.449. The lowest BCUT2D eigenvalue weighted by atomic mass is 10.2. The van der Waals surface area contributed by atoms with Gasteiger partial charge in [0.25, 0.3) is 5.91 Å². The van der Waals surface area contributed by atoms with E-state index >= 15 is 0 Å². The number of nitrogens with one attached hydrogen (secondary N) is 1. The number of carbonyl (C=O) groups is 1. The molecule has 0 bridgehead atoms. The molecule has 1 aromatic carbocycles. The summed E-state index contributed by atoms with van der Waals surface area (Å²) in [5, 5.41) is 14.4. The van der Waals surface area contributed by atoms with Crippen LogP contribution in [0.1, 0.15) is 16.5 Å². The maximum Gasteiger partial charge on any atom is 0.258 e. The van der Waals surface area contributed by atoms with Crippen LogP contribution in [0.2, 0.25) is 0 Å². The van der Waals surface area contributed by atoms with Crippen molar-refractivity contribution in [2.24, 2.45) is 0 Å². The molecule has 106 valence electrons. The second kappa shape index (κ2) is 7.07. The van der Waals surface area contributed by atoms with Gasteiger partial charge >= 0.3 is 0 Å². The number of amides is 1. The van der Waals surface area contributed by atoms with E-state index in [9.17, 15) is 9.90 Å². The van der Waals surface area contributed by atoms with E-state index in [4.69, 9.17) is 4.74 Å². The Morgan fingerprint density at radius 1 is 1.35 bits per heavy atom. The number of hydrogen-bond acceptors (Lipinski definition) is 4. The van der Waals surface area contributed by atoms with E-state index < -0.39 is 6.10 Å². The van der Waals surface area contributed by atoms with Crippen LogP contribution in [-0.2, 0) is 4.79 Å². The molecule has 0 aliphatic carbocycles. The number of rotatable bonds is 6. The fraction of sp³-hybridized carbons (Fsp3) is 0.267. The average Bonchev–Trinajstić information content (AvgIpc) is 2.98. The molecule has 20 heavy (non-hydrogen) atoms. The Labute approximate surface area is 122 Å². The third-order valence-corrected chi connectivity index (χ3v) is 3.79. The standard InChI is InChI=1S/C15H17NO3S/c1-11-5-2-3-6-13(11)19-10-15(18)16-9-12(17)14-7-4-8-20-14/h2-8,12,17H,9-10H2,1H3,(H,16,18). The molecular weight excluding hydrogens is 274 g/mol. The molecule has 2 N–H and O–H groups in total. The quantitative estimate of drug-likeness (QED) is 0.858. The first-order chi connectivity index (χ1) is 9.66. The van der Waals surface area contributed by atoms with Gasteiger partial charge in [-0.05, 0) is 30.0 Å². The fourth-order valence-corrected chi connectivity index (χ4v) is 2.42. The van der Waals surface area contributed by atoms with Crippen LogP contribution in [0.5, 0.6) is 5.75 Å². The van der Waals surface area contributed by atoms with Crippen molar-refractivity contribution in [3.8, 4) is 5.75 Å². The van der Waals surface area contributed by atoms with Crippen LogP contribution >= 0.6 is 11.3 Å². The third-order valence-electron chi connectivity index (χ3n) is 2.82. The molecule has 0 saturated carbocycles. The number of hydrogen-bond donors (Lipinski definition) is 2. The minimum atomic E-state index is -0.669. The number of aliphatic hydroxyl groups is 1. The fourth-order valence-electron chi connectivity index (χ4n) is 1.70. The molecule has 4 nitrogen and oxygen atoms in total. The Morgan fingerprint density at radius 3 is 2.85 bits per heavy atom. The molecule has 0 radical (unpaired) electrons. The Hall–Kier alpha value is -1.85. The second-order valence-electron chi connectivity index (χ2n) is 4.39. The predicted octanol–water partition coefficient (Wildman–Crippen LogP) is 2.29. The molecule has 1 amide bonds. The molecule has 0 aliphatic heterocycles.